The lowest BCUT2D eigenvalue weighted by molar-refractivity contribution is 0.247. The number of nitrogens with zero attached hydrogens (tertiary/aromatic N) is 2. The molecule has 6 heteroatoms. The molecule has 2 N–H and O–H groups in total. The van der Waals surface area contributed by atoms with Crippen LogP contribution in [0.3, 0.4) is 0 Å². The summed E-state index contributed by atoms with van der Waals surface area (Å²) in [6, 6.07) is 9.12. The molecule has 4 nitrogen and oxygen atoms in total. The molecule has 0 bridgehead atoms. The number of halogens is 2. The van der Waals surface area contributed by atoms with Crippen LogP contribution in [0, 0.1) is 0 Å². The van der Waals surface area contributed by atoms with E-state index in [-0.39, 0.29) is 24.0 Å². The van der Waals surface area contributed by atoms with Crippen molar-refractivity contribution in [3.05, 3.63) is 34.9 Å². The second kappa shape index (κ2) is 10.4. The molecule has 0 aromatic heterocycles. The summed E-state index contributed by atoms with van der Waals surface area (Å²) in [6.07, 6.45) is 2.68. The molecule has 1 unspecified atom stereocenters. The van der Waals surface area contributed by atoms with Crippen molar-refractivity contribution in [3.63, 3.8) is 0 Å². The topological polar surface area (TPSA) is 39.7 Å². The fourth-order valence-electron chi connectivity index (χ4n) is 2.33. The molecule has 1 saturated carbocycles. The Kier molecular flexibility index (Phi) is 9.24. The van der Waals surface area contributed by atoms with Gasteiger partial charge >= 0.3 is 0 Å². The smallest absolute Gasteiger partial charge is 0.191 e. The average molecular weight is 451 g/mol. The molecular weight excluding hydrogens is 423 g/mol. The van der Waals surface area contributed by atoms with Gasteiger partial charge in [-0.05, 0) is 51.4 Å². The van der Waals surface area contributed by atoms with Gasteiger partial charge in [0.25, 0.3) is 0 Å². The summed E-state index contributed by atoms with van der Waals surface area (Å²) in [5.74, 6) is 0.869. The lowest BCUT2D eigenvalue weighted by atomic mass is 10.2. The Labute approximate surface area is 162 Å². The summed E-state index contributed by atoms with van der Waals surface area (Å²) < 4.78 is 0. The molecule has 130 valence electrons. The van der Waals surface area contributed by atoms with E-state index < -0.39 is 0 Å². The van der Waals surface area contributed by atoms with E-state index in [1.165, 1.54) is 12.8 Å². The first-order valence-electron chi connectivity index (χ1n) is 8.08. The number of hydrogen-bond acceptors (Lipinski definition) is 2. The van der Waals surface area contributed by atoms with Gasteiger partial charge in [-0.3, -0.25) is 4.90 Å². The highest BCUT2D eigenvalue weighted by molar-refractivity contribution is 14.0. The minimum absolute atomic E-state index is 0. The van der Waals surface area contributed by atoms with Crippen molar-refractivity contribution in [2.45, 2.75) is 45.3 Å². The monoisotopic (exact) mass is 450 g/mol. The van der Waals surface area contributed by atoms with Crippen LogP contribution < -0.4 is 10.6 Å². The first-order valence-corrected chi connectivity index (χ1v) is 8.46. The van der Waals surface area contributed by atoms with Crippen molar-refractivity contribution in [3.8, 4) is 0 Å². The highest BCUT2D eigenvalue weighted by Gasteiger charge is 2.28. The molecule has 1 aromatic carbocycles. The maximum absolute atomic E-state index is 5.90. The van der Waals surface area contributed by atoms with Crippen LogP contribution in [0.2, 0.25) is 5.02 Å². The summed E-state index contributed by atoms with van der Waals surface area (Å²) in [4.78, 5) is 7.09. The zero-order chi connectivity index (χ0) is 15.9. The third-order valence-electron chi connectivity index (χ3n) is 4.06. The van der Waals surface area contributed by atoms with E-state index in [9.17, 15) is 0 Å². The number of nitrogens with one attached hydrogen (secondary N) is 2. The number of aliphatic imine (C=N–C) groups is 1. The van der Waals surface area contributed by atoms with Gasteiger partial charge in [-0.2, -0.15) is 0 Å². The third kappa shape index (κ3) is 7.27. The second-order valence-corrected chi connectivity index (χ2v) is 6.38. The van der Waals surface area contributed by atoms with Gasteiger partial charge < -0.3 is 10.6 Å². The molecule has 0 aliphatic heterocycles. The van der Waals surface area contributed by atoms with Crippen LogP contribution in [-0.2, 0) is 6.54 Å². The largest absolute Gasteiger partial charge is 0.357 e. The Balaban J connectivity index is 0.00000264. The number of hydrogen-bond donors (Lipinski definition) is 2. The van der Waals surface area contributed by atoms with E-state index in [1.54, 1.807) is 0 Å². The van der Waals surface area contributed by atoms with Gasteiger partial charge in [0.15, 0.2) is 5.96 Å². The molecule has 1 atom stereocenters. The van der Waals surface area contributed by atoms with E-state index in [0.717, 1.165) is 35.7 Å². The summed E-state index contributed by atoms with van der Waals surface area (Å²) in [5.41, 5.74) is 1.16. The Bertz CT molecular complexity index is 488. The van der Waals surface area contributed by atoms with E-state index in [4.69, 9.17) is 11.6 Å². The van der Waals surface area contributed by atoms with E-state index in [0.29, 0.717) is 12.6 Å². The van der Waals surface area contributed by atoms with Crippen molar-refractivity contribution in [2.75, 3.05) is 20.1 Å². The summed E-state index contributed by atoms with van der Waals surface area (Å²) in [5, 5.41) is 7.49. The lowest BCUT2D eigenvalue weighted by Gasteiger charge is -2.25. The van der Waals surface area contributed by atoms with Gasteiger partial charge in [-0.15, -0.1) is 24.0 Å². The van der Waals surface area contributed by atoms with Crippen LogP contribution in [0.25, 0.3) is 0 Å². The van der Waals surface area contributed by atoms with Gasteiger partial charge in [0.1, 0.15) is 0 Å². The molecule has 0 spiro atoms. The SMILES string of the molecule is CCNC(=NCc1ccc(Cl)cc1)NCC(C)N(C)C1CC1.I. The Morgan fingerprint density at radius 3 is 2.52 bits per heavy atom. The maximum atomic E-state index is 5.90. The second-order valence-electron chi connectivity index (χ2n) is 5.95. The Morgan fingerprint density at radius 2 is 1.96 bits per heavy atom. The molecule has 0 saturated heterocycles. The predicted molar refractivity (Wildman–Crippen MR) is 110 cm³/mol. The first-order chi connectivity index (χ1) is 10.6. The fourth-order valence-corrected chi connectivity index (χ4v) is 2.46. The quantitative estimate of drug-likeness (QED) is 0.379. The van der Waals surface area contributed by atoms with Gasteiger partial charge in [0.2, 0.25) is 0 Å². The van der Waals surface area contributed by atoms with E-state index in [2.05, 4.69) is 41.4 Å². The van der Waals surface area contributed by atoms with Gasteiger partial charge in [-0.25, -0.2) is 4.99 Å². The normalized spacial score (nSPS) is 16.0. The summed E-state index contributed by atoms with van der Waals surface area (Å²) in [6.45, 7) is 6.76. The predicted octanol–water partition coefficient (Wildman–Crippen LogP) is 3.50. The number of benzene rings is 1. The third-order valence-corrected chi connectivity index (χ3v) is 4.31. The number of rotatable bonds is 7. The summed E-state index contributed by atoms with van der Waals surface area (Å²) in [7, 11) is 2.21. The van der Waals surface area contributed by atoms with Crippen molar-refractivity contribution in [1.82, 2.24) is 15.5 Å². The van der Waals surface area contributed by atoms with Crippen molar-refractivity contribution < 1.29 is 0 Å². The molecule has 2 rings (SSSR count). The molecular formula is C17H28ClIN4. The van der Waals surface area contributed by atoms with E-state index >= 15 is 0 Å². The van der Waals surface area contributed by atoms with Crippen LogP contribution in [-0.4, -0.2) is 43.1 Å². The minimum atomic E-state index is 0. The van der Waals surface area contributed by atoms with Crippen molar-refractivity contribution in [2.24, 2.45) is 4.99 Å². The van der Waals surface area contributed by atoms with Crippen LogP contribution in [0.15, 0.2) is 29.3 Å². The van der Waals surface area contributed by atoms with Gasteiger partial charge in [0.05, 0.1) is 6.54 Å². The molecule has 1 aliphatic carbocycles. The minimum Gasteiger partial charge on any atom is -0.357 e. The highest BCUT2D eigenvalue weighted by Crippen LogP contribution is 2.26. The number of guanidine groups is 1. The van der Waals surface area contributed by atoms with Crippen LogP contribution >= 0.6 is 35.6 Å². The molecule has 1 aromatic rings. The average Bonchev–Trinajstić information content (AvgIpc) is 3.35. The molecule has 0 amide bonds. The number of likely N-dealkylation sites (N-methyl/N-ethyl adjacent to an activating group) is 1. The van der Waals surface area contributed by atoms with E-state index in [1.807, 2.05) is 24.3 Å². The highest BCUT2D eigenvalue weighted by atomic mass is 127. The van der Waals surface area contributed by atoms with Crippen molar-refractivity contribution in [1.29, 1.82) is 0 Å². The molecule has 0 heterocycles. The zero-order valence-electron chi connectivity index (χ0n) is 14.2. The Hall–Kier alpha value is -0.530. The summed E-state index contributed by atoms with van der Waals surface area (Å²) >= 11 is 5.90. The van der Waals surface area contributed by atoms with Crippen LogP contribution in [0.1, 0.15) is 32.3 Å². The molecule has 1 aliphatic rings. The van der Waals surface area contributed by atoms with Crippen molar-refractivity contribution >= 4 is 41.5 Å². The lowest BCUT2D eigenvalue weighted by Crippen LogP contribution is -2.45. The maximum Gasteiger partial charge on any atom is 0.191 e. The van der Waals surface area contributed by atoms with Crippen LogP contribution in [0.4, 0.5) is 0 Å². The molecule has 23 heavy (non-hydrogen) atoms. The molecule has 1 fully saturated rings. The van der Waals surface area contributed by atoms with Gasteiger partial charge in [0, 0.05) is 30.2 Å². The zero-order valence-corrected chi connectivity index (χ0v) is 17.3. The molecule has 0 radical (unpaired) electrons. The van der Waals surface area contributed by atoms with Crippen LogP contribution in [0.5, 0.6) is 0 Å². The van der Waals surface area contributed by atoms with Gasteiger partial charge in [-0.1, -0.05) is 23.7 Å². The fraction of sp³-hybridized carbons (Fsp3) is 0.588. The first kappa shape index (κ1) is 20.5. The Morgan fingerprint density at radius 1 is 1.30 bits per heavy atom. The standard InChI is InChI=1S/C17H27ClN4.HI/c1-4-19-17(20-11-13(2)22(3)16-9-10-16)21-12-14-5-7-15(18)8-6-14;/h5-8,13,16H,4,9-12H2,1-3H3,(H2,19,20,21);1H.